The number of amides is 1. The second kappa shape index (κ2) is 36.4. The van der Waals surface area contributed by atoms with E-state index < -0.39 is 0 Å². The molecule has 0 bridgehead atoms. The third-order valence-electron chi connectivity index (χ3n) is 19.0. The van der Waals surface area contributed by atoms with E-state index in [4.69, 9.17) is 60.9 Å². The predicted octanol–water partition coefficient (Wildman–Crippen LogP) is 20.9. The summed E-state index contributed by atoms with van der Waals surface area (Å²) in [5, 5.41) is 13.6. The van der Waals surface area contributed by atoms with Crippen molar-refractivity contribution in [2.24, 2.45) is 0 Å². The molecule has 1 amide bonds. The number of nitrogens with zero attached hydrogens (tertiary/aromatic N) is 8. The van der Waals surface area contributed by atoms with Crippen LogP contribution in [-0.4, -0.2) is 144 Å². The first kappa shape index (κ1) is 78.5. The lowest BCUT2D eigenvalue weighted by atomic mass is 9.96. The van der Waals surface area contributed by atoms with Crippen molar-refractivity contribution < 1.29 is 19.1 Å². The van der Waals surface area contributed by atoms with E-state index in [2.05, 4.69) is 233 Å². The molecule has 21 heteroatoms. The molecule has 0 aliphatic carbocycles. The van der Waals surface area contributed by atoms with Crippen molar-refractivity contribution in [2.75, 3.05) is 82.7 Å². The van der Waals surface area contributed by atoms with Gasteiger partial charge in [-0.3, -0.25) is 9.59 Å². The zero-order valence-electron chi connectivity index (χ0n) is 61.5. The summed E-state index contributed by atoms with van der Waals surface area (Å²) < 4.78 is 20.0. The maximum atomic E-state index is 11.5. The lowest BCUT2D eigenvalue weighted by Gasteiger charge is -2.16. The number of benzene rings is 8. The van der Waals surface area contributed by atoms with Crippen LogP contribution in [0.25, 0.3) is 111 Å². The summed E-state index contributed by atoms with van der Waals surface area (Å²) in [5.74, 6) is 0.897. The Morgan fingerprint density at radius 1 is 0.500 bits per heavy atom. The fourth-order valence-electron chi connectivity index (χ4n) is 13.2. The van der Waals surface area contributed by atoms with Crippen molar-refractivity contribution in [2.45, 2.75) is 45.1 Å². The smallest absolute Gasteiger partial charge is 0.224 e. The predicted molar refractivity (Wildman–Crippen MR) is 455 cm³/mol. The number of rotatable bonds is 22. The van der Waals surface area contributed by atoms with Crippen LogP contribution >= 0.6 is 78.3 Å². The summed E-state index contributed by atoms with van der Waals surface area (Å²) in [4.78, 5) is 41.8. The Morgan fingerprint density at radius 3 is 1.39 bits per heavy atom. The number of hydrogen-bond acceptors (Lipinski definition) is 10. The first-order valence-corrected chi connectivity index (χ1v) is 38.7. The van der Waals surface area contributed by atoms with Gasteiger partial charge in [0, 0.05) is 192 Å². The van der Waals surface area contributed by atoms with Crippen LogP contribution in [0.15, 0.2) is 228 Å². The Morgan fingerprint density at radius 2 is 0.926 bits per heavy atom. The molecule has 15 nitrogen and oxygen atoms in total. The number of nitrogens with one attached hydrogen (secondary N) is 3. The number of aromatic nitrogens is 6. The molecular weight excluding hydrogens is 1560 g/mol. The maximum Gasteiger partial charge on any atom is 0.224 e. The Labute approximate surface area is 667 Å². The minimum atomic E-state index is 0.112. The molecule has 8 aromatic carbocycles. The van der Waals surface area contributed by atoms with Crippen LogP contribution in [0, 0.1) is 0 Å². The molecule has 6 aromatic heterocycles. The Bertz CT molecular complexity index is 5520. The second-order valence-electron chi connectivity index (χ2n) is 27.3. The van der Waals surface area contributed by atoms with Crippen LogP contribution in [0.1, 0.15) is 28.8 Å². The topological polar surface area (TPSA) is 143 Å². The minimum Gasteiger partial charge on any atom is -0.481 e. The van der Waals surface area contributed by atoms with E-state index in [0.29, 0.717) is 62.4 Å². The van der Waals surface area contributed by atoms with Gasteiger partial charge >= 0.3 is 0 Å². The van der Waals surface area contributed by atoms with Crippen LogP contribution in [0.4, 0.5) is 0 Å². The number of carbonyl (C=O) groups excluding carboxylic acids is 2. The molecule has 108 heavy (non-hydrogen) atoms. The SMILES string of the molecule is Brc1ccc2[nH]ccc2c1.CN(C)CCn1ccc2cc(Br)ccc21.COc1nc(-c2cccc(-c3cccc(-c4ccc5c(ccn5CCN(C)C)c4)c3Cl)c2Cl)ccc1C=O.COc1nc(-c2cccc(-c3cccc(-c4ccc5c(ccn5CCN(C)C)c4)c3Cl)c2Cl)ccc1CNC[C@@H]1CCC(=O)N1. The number of ether oxygens (including phenoxy) is 2. The van der Waals surface area contributed by atoms with Crippen molar-refractivity contribution >= 4 is 134 Å². The number of hydrogen-bond donors (Lipinski definition) is 3. The van der Waals surface area contributed by atoms with E-state index in [1.165, 1.54) is 50.7 Å². The molecule has 1 fully saturated rings. The minimum absolute atomic E-state index is 0.112. The zero-order chi connectivity index (χ0) is 76.1. The van der Waals surface area contributed by atoms with E-state index in [1.54, 1.807) is 19.2 Å². The van der Waals surface area contributed by atoms with E-state index in [-0.39, 0.29) is 17.8 Å². The van der Waals surface area contributed by atoms with Gasteiger partial charge in [-0.05, 0) is 163 Å². The van der Waals surface area contributed by atoms with E-state index in [1.807, 2.05) is 97.2 Å². The van der Waals surface area contributed by atoms with Gasteiger partial charge in [0.2, 0.25) is 17.7 Å². The summed E-state index contributed by atoms with van der Waals surface area (Å²) in [6, 6.07) is 65.3. The molecule has 0 saturated carbocycles. The maximum absolute atomic E-state index is 11.5. The number of aldehydes is 1. The van der Waals surface area contributed by atoms with Gasteiger partial charge in [0.1, 0.15) is 0 Å². The molecule has 0 spiro atoms. The van der Waals surface area contributed by atoms with E-state index in [0.717, 1.165) is 122 Å². The molecule has 554 valence electrons. The van der Waals surface area contributed by atoms with Crippen LogP contribution in [0.2, 0.25) is 20.1 Å². The number of H-pyrrole nitrogens is 1. The van der Waals surface area contributed by atoms with Crippen molar-refractivity contribution in [1.82, 2.24) is 54.0 Å². The molecule has 1 saturated heterocycles. The van der Waals surface area contributed by atoms with Gasteiger partial charge in [0.15, 0.2) is 6.29 Å². The normalized spacial score (nSPS) is 12.7. The number of halogens is 6. The molecule has 0 radical (unpaired) electrons. The summed E-state index contributed by atoms with van der Waals surface area (Å²) >= 11 is 35.1. The van der Waals surface area contributed by atoms with Gasteiger partial charge in [-0.15, -0.1) is 0 Å². The first-order valence-electron chi connectivity index (χ1n) is 35.6. The molecular formula is C87H85Br2Cl4N11O4. The van der Waals surface area contributed by atoms with Crippen LogP contribution in [0.5, 0.6) is 11.8 Å². The lowest BCUT2D eigenvalue weighted by Crippen LogP contribution is -2.35. The third-order valence-corrected chi connectivity index (χ3v) is 21.7. The highest BCUT2D eigenvalue weighted by Crippen LogP contribution is 2.45. The molecule has 14 aromatic rings. The number of fused-ring (bicyclic) bond motifs is 4. The van der Waals surface area contributed by atoms with Crippen molar-refractivity contribution in [3.63, 3.8) is 0 Å². The fourth-order valence-corrected chi connectivity index (χ4v) is 15.3. The van der Waals surface area contributed by atoms with Gasteiger partial charge in [0.25, 0.3) is 0 Å². The van der Waals surface area contributed by atoms with Gasteiger partial charge in [-0.2, -0.15) is 0 Å². The number of methoxy groups -OCH3 is 2. The van der Waals surface area contributed by atoms with Crippen LogP contribution in [-0.2, 0) is 31.0 Å². The summed E-state index contributed by atoms with van der Waals surface area (Å²) in [7, 11) is 15.6. The molecule has 0 unspecified atom stereocenters. The van der Waals surface area contributed by atoms with Gasteiger partial charge in [-0.25, -0.2) is 9.97 Å². The highest BCUT2D eigenvalue weighted by molar-refractivity contribution is 9.10. The van der Waals surface area contributed by atoms with Gasteiger partial charge in [0.05, 0.1) is 51.3 Å². The Kier molecular flexibility index (Phi) is 26.5. The Hall–Kier alpha value is -9.08. The highest BCUT2D eigenvalue weighted by Gasteiger charge is 2.23. The van der Waals surface area contributed by atoms with Gasteiger partial charge in [-0.1, -0.05) is 169 Å². The summed E-state index contributed by atoms with van der Waals surface area (Å²) in [6.45, 7) is 7.20. The molecule has 1 atom stereocenters. The van der Waals surface area contributed by atoms with Crippen LogP contribution < -0.4 is 20.1 Å². The molecule has 1 aliphatic rings. The highest BCUT2D eigenvalue weighted by atomic mass is 79.9. The third kappa shape index (κ3) is 18.8. The van der Waals surface area contributed by atoms with Crippen molar-refractivity contribution in [1.29, 1.82) is 0 Å². The summed E-state index contributed by atoms with van der Waals surface area (Å²) in [5.41, 5.74) is 16.3. The van der Waals surface area contributed by atoms with Crippen LogP contribution in [0.3, 0.4) is 0 Å². The monoisotopic (exact) mass is 1650 g/mol. The lowest BCUT2D eigenvalue weighted by molar-refractivity contribution is -0.119. The van der Waals surface area contributed by atoms with E-state index in [9.17, 15) is 9.59 Å². The standard InChI is InChI=1S/C36H37Cl2N5O2.C31H27Cl2N3O2.C12H15BrN2.C8H6BrN/c1-42(2)18-19-43-17-16-24-20-23(11-14-32(24)43)27-6-4-7-28(34(27)37)29-8-5-9-30(35(29)38)31-13-10-25(36(41-31)45-3)21-39-22-26-12-15-33(44)40-26;1-35(2)16-17-36-15-14-21-18-20(11-13-28(21)36)23-6-4-7-24(29(23)32)25-8-5-9-26(30(25)33)27-12-10-22(19-37)31(34-27)38-3;1-14(2)7-8-15-6-5-10-9-11(13)3-4-12(10)15;9-7-1-2-8-6(5-7)3-4-10-8/h4-11,13-14,16-17,20,26,39H,12,15,18-19,21-22H2,1-3H3,(H,40,44);4-15,18-19H,16-17H2,1-3H3;3-6,9H,7-8H2,1-2H3;1-5,10H/t26-;;;/m0.../s1. The van der Waals surface area contributed by atoms with Gasteiger partial charge < -0.3 is 53.5 Å². The van der Waals surface area contributed by atoms with E-state index >= 15 is 0 Å². The fraction of sp³-hybridized carbons (Fsp3) is 0.218. The molecule has 15 rings (SSSR count). The average molecular weight is 1650 g/mol. The second-order valence-corrected chi connectivity index (χ2v) is 30.6. The molecule has 1 aliphatic heterocycles. The average Bonchev–Trinajstić information content (AvgIpc) is 1.05. The van der Waals surface area contributed by atoms with Crippen molar-refractivity contribution in [3.05, 3.63) is 259 Å². The quantitative estimate of drug-likeness (QED) is 0.0561. The largest absolute Gasteiger partial charge is 0.481 e. The number of carbonyl (C=O) groups is 2. The Balaban J connectivity index is 0.000000154. The van der Waals surface area contributed by atoms with Crippen molar-refractivity contribution in [3.8, 4) is 78.8 Å². The molecule has 7 heterocycles. The number of aromatic amines is 1. The zero-order valence-corrected chi connectivity index (χ0v) is 67.7. The summed E-state index contributed by atoms with van der Waals surface area (Å²) in [6.07, 6.45) is 10.5. The number of likely N-dealkylation sites (N-methyl/N-ethyl adjacent to an activating group) is 3. The first-order chi connectivity index (χ1) is 52.2. The number of pyridine rings is 2. The molecule has 3 N–H and O–H groups in total.